The van der Waals surface area contributed by atoms with Crippen LogP contribution in [0.15, 0.2) is 48.0 Å². The fourth-order valence-corrected chi connectivity index (χ4v) is 2.10. The number of phenolic OH excluding ortho intramolecular Hbond substituents is 1. The molecule has 2 aromatic rings. The SMILES string of the molecule is CCOc1cccc(/C=C(/C#N)C(=O)Nc2ccc(OC)cc2)c1O. The maximum atomic E-state index is 12.3. The first kappa shape index (κ1) is 17.9. The molecular weight excluding hydrogens is 320 g/mol. The Morgan fingerprint density at radius 3 is 2.60 bits per heavy atom. The highest BCUT2D eigenvalue weighted by Crippen LogP contribution is 2.31. The van der Waals surface area contributed by atoms with Crippen LogP contribution in [0.2, 0.25) is 0 Å². The van der Waals surface area contributed by atoms with Crippen LogP contribution in [0.4, 0.5) is 5.69 Å². The summed E-state index contributed by atoms with van der Waals surface area (Å²) in [6, 6.07) is 13.4. The van der Waals surface area contributed by atoms with Gasteiger partial charge in [0.2, 0.25) is 0 Å². The Morgan fingerprint density at radius 1 is 1.28 bits per heavy atom. The standard InChI is InChI=1S/C19H18N2O4/c1-3-25-17-6-4-5-13(18(17)22)11-14(12-20)19(23)21-15-7-9-16(24-2)10-8-15/h4-11,22H,3H2,1-2H3,(H,21,23)/b14-11-. The molecule has 0 spiro atoms. The third kappa shape index (κ3) is 4.52. The molecule has 0 fully saturated rings. The monoisotopic (exact) mass is 338 g/mol. The van der Waals surface area contributed by atoms with Gasteiger partial charge in [-0.15, -0.1) is 0 Å². The van der Waals surface area contributed by atoms with E-state index < -0.39 is 5.91 Å². The number of ether oxygens (including phenoxy) is 2. The van der Waals surface area contributed by atoms with E-state index in [9.17, 15) is 15.2 Å². The summed E-state index contributed by atoms with van der Waals surface area (Å²) >= 11 is 0. The van der Waals surface area contributed by atoms with Crippen molar-refractivity contribution in [3.05, 3.63) is 53.6 Å². The predicted octanol–water partition coefficient (Wildman–Crippen LogP) is 3.35. The summed E-state index contributed by atoms with van der Waals surface area (Å²) in [6.07, 6.45) is 1.32. The van der Waals surface area contributed by atoms with Gasteiger partial charge in [-0.1, -0.05) is 12.1 Å². The molecule has 0 atom stereocenters. The molecule has 6 nitrogen and oxygen atoms in total. The number of carbonyl (C=O) groups excluding carboxylic acids is 1. The second-order valence-corrected chi connectivity index (χ2v) is 4.98. The molecule has 0 unspecified atom stereocenters. The predicted molar refractivity (Wildman–Crippen MR) is 94.5 cm³/mol. The van der Waals surface area contributed by atoms with Gasteiger partial charge in [0.1, 0.15) is 17.4 Å². The van der Waals surface area contributed by atoms with Gasteiger partial charge < -0.3 is 19.9 Å². The Bertz CT molecular complexity index is 820. The number of hydrogen-bond acceptors (Lipinski definition) is 5. The zero-order valence-electron chi connectivity index (χ0n) is 13.9. The molecule has 2 rings (SSSR count). The van der Waals surface area contributed by atoms with Crippen LogP contribution >= 0.6 is 0 Å². The fourth-order valence-electron chi connectivity index (χ4n) is 2.10. The molecule has 6 heteroatoms. The van der Waals surface area contributed by atoms with Crippen LogP contribution in [0.1, 0.15) is 12.5 Å². The van der Waals surface area contributed by atoms with Crippen molar-refractivity contribution < 1.29 is 19.4 Å². The van der Waals surface area contributed by atoms with Gasteiger partial charge in [-0.25, -0.2) is 0 Å². The first-order valence-corrected chi connectivity index (χ1v) is 7.61. The molecule has 0 aliphatic rings. The smallest absolute Gasteiger partial charge is 0.266 e. The van der Waals surface area contributed by atoms with Crippen molar-refractivity contribution in [3.63, 3.8) is 0 Å². The van der Waals surface area contributed by atoms with E-state index in [-0.39, 0.29) is 11.3 Å². The van der Waals surface area contributed by atoms with Gasteiger partial charge in [0.15, 0.2) is 11.5 Å². The number of nitrogens with one attached hydrogen (secondary N) is 1. The molecule has 2 N–H and O–H groups in total. The van der Waals surface area contributed by atoms with Crippen LogP contribution in [0.5, 0.6) is 17.2 Å². The fraction of sp³-hybridized carbons (Fsp3) is 0.158. The number of nitriles is 1. The van der Waals surface area contributed by atoms with Crippen molar-refractivity contribution in [1.82, 2.24) is 0 Å². The topological polar surface area (TPSA) is 91.6 Å². The zero-order chi connectivity index (χ0) is 18.2. The summed E-state index contributed by atoms with van der Waals surface area (Å²) in [4.78, 5) is 12.3. The number of anilines is 1. The lowest BCUT2D eigenvalue weighted by molar-refractivity contribution is -0.112. The molecule has 0 aromatic heterocycles. The lowest BCUT2D eigenvalue weighted by atomic mass is 10.1. The van der Waals surface area contributed by atoms with E-state index in [1.807, 2.05) is 6.07 Å². The molecule has 25 heavy (non-hydrogen) atoms. The summed E-state index contributed by atoms with van der Waals surface area (Å²) in [7, 11) is 1.55. The quantitative estimate of drug-likeness (QED) is 0.622. The first-order chi connectivity index (χ1) is 12.1. The number of amides is 1. The van der Waals surface area contributed by atoms with Crippen LogP contribution < -0.4 is 14.8 Å². The third-order valence-electron chi connectivity index (χ3n) is 3.34. The molecule has 2 aromatic carbocycles. The first-order valence-electron chi connectivity index (χ1n) is 7.61. The molecule has 0 aliphatic carbocycles. The van der Waals surface area contributed by atoms with Crippen molar-refractivity contribution in [2.75, 3.05) is 19.0 Å². The van der Waals surface area contributed by atoms with Gasteiger partial charge in [-0.05, 0) is 43.3 Å². The average molecular weight is 338 g/mol. The highest BCUT2D eigenvalue weighted by Gasteiger charge is 2.12. The Morgan fingerprint density at radius 2 is 2.00 bits per heavy atom. The molecule has 1 amide bonds. The van der Waals surface area contributed by atoms with E-state index in [4.69, 9.17) is 9.47 Å². The van der Waals surface area contributed by atoms with Crippen molar-refractivity contribution >= 4 is 17.7 Å². The molecule has 128 valence electrons. The number of carbonyl (C=O) groups is 1. The lowest BCUT2D eigenvalue weighted by Gasteiger charge is -2.08. The summed E-state index contributed by atoms with van der Waals surface area (Å²) in [5.74, 6) is 0.263. The summed E-state index contributed by atoms with van der Waals surface area (Å²) < 4.78 is 10.3. The normalized spacial score (nSPS) is 10.7. The molecule has 0 bridgehead atoms. The minimum absolute atomic E-state index is 0.116. The number of hydrogen-bond donors (Lipinski definition) is 2. The lowest BCUT2D eigenvalue weighted by Crippen LogP contribution is -2.13. The number of aromatic hydroxyl groups is 1. The van der Waals surface area contributed by atoms with Gasteiger partial charge in [-0.2, -0.15) is 5.26 Å². The van der Waals surface area contributed by atoms with Crippen molar-refractivity contribution in [2.24, 2.45) is 0 Å². The van der Waals surface area contributed by atoms with Crippen LogP contribution in [0, 0.1) is 11.3 Å². The molecule has 0 radical (unpaired) electrons. The Kier molecular flexibility index (Phi) is 6.02. The molecule has 0 saturated carbocycles. The van der Waals surface area contributed by atoms with E-state index >= 15 is 0 Å². The molecule has 0 saturated heterocycles. The van der Waals surface area contributed by atoms with E-state index in [1.165, 1.54) is 6.08 Å². The minimum Gasteiger partial charge on any atom is -0.504 e. The second kappa shape index (κ2) is 8.41. The number of para-hydroxylation sites is 1. The maximum Gasteiger partial charge on any atom is 0.266 e. The van der Waals surface area contributed by atoms with Gasteiger partial charge in [0.25, 0.3) is 5.91 Å². The van der Waals surface area contributed by atoms with Crippen molar-refractivity contribution in [3.8, 4) is 23.3 Å². The largest absolute Gasteiger partial charge is 0.504 e. The van der Waals surface area contributed by atoms with Gasteiger partial charge in [-0.3, -0.25) is 4.79 Å². The molecular formula is C19H18N2O4. The maximum absolute atomic E-state index is 12.3. The van der Waals surface area contributed by atoms with Gasteiger partial charge in [0.05, 0.1) is 13.7 Å². The average Bonchev–Trinajstić information content (AvgIpc) is 2.63. The van der Waals surface area contributed by atoms with Gasteiger partial charge in [0, 0.05) is 11.3 Å². The van der Waals surface area contributed by atoms with E-state index in [2.05, 4.69) is 5.32 Å². The van der Waals surface area contributed by atoms with Gasteiger partial charge >= 0.3 is 0 Å². The number of nitrogens with zero attached hydrogens (tertiary/aromatic N) is 1. The Labute approximate surface area is 145 Å². The second-order valence-electron chi connectivity index (χ2n) is 4.98. The highest BCUT2D eigenvalue weighted by molar-refractivity contribution is 6.09. The Balaban J connectivity index is 2.23. The summed E-state index contributed by atoms with van der Waals surface area (Å²) in [5.41, 5.74) is 0.714. The van der Waals surface area contributed by atoms with Crippen molar-refractivity contribution in [1.29, 1.82) is 5.26 Å². The van der Waals surface area contributed by atoms with Crippen LogP contribution in [-0.4, -0.2) is 24.7 Å². The number of methoxy groups -OCH3 is 1. The van der Waals surface area contributed by atoms with Crippen molar-refractivity contribution in [2.45, 2.75) is 6.92 Å². The summed E-state index contributed by atoms with van der Waals surface area (Å²) in [6.45, 7) is 2.19. The highest BCUT2D eigenvalue weighted by atomic mass is 16.5. The van der Waals surface area contributed by atoms with Crippen LogP contribution in [0.3, 0.4) is 0 Å². The van der Waals surface area contributed by atoms with Crippen LogP contribution in [-0.2, 0) is 4.79 Å². The Hall–Kier alpha value is -3.46. The number of benzene rings is 2. The van der Waals surface area contributed by atoms with E-state index in [1.54, 1.807) is 56.5 Å². The number of phenols is 1. The zero-order valence-corrected chi connectivity index (χ0v) is 13.9. The third-order valence-corrected chi connectivity index (χ3v) is 3.34. The summed E-state index contributed by atoms with van der Waals surface area (Å²) in [5, 5.41) is 22.1. The molecule has 0 aliphatic heterocycles. The van der Waals surface area contributed by atoms with E-state index in [0.29, 0.717) is 29.4 Å². The number of rotatable bonds is 6. The minimum atomic E-state index is -0.575. The molecule has 0 heterocycles. The van der Waals surface area contributed by atoms with E-state index in [0.717, 1.165) is 0 Å². The van der Waals surface area contributed by atoms with Crippen LogP contribution in [0.25, 0.3) is 6.08 Å².